The molecule has 0 aliphatic carbocycles. The monoisotopic (exact) mass is 197 g/mol. The second-order valence-corrected chi connectivity index (χ2v) is 2.86. The van der Waals surface area contributed by atoms with E-state index in [1.54, 1.807) is 6.92 Å². The van der Waals surface area contributed by atoms with Crippen LogP contribution in [-0.4, -0.2) is 4.98 Å². The second-order valence-electron chi connectivity index (χ2n) is 2.86. The zero-order valence-corrected chi connectivity index (χ0v) is 7.59. The molecule has 0 aliphatic heterocycles. The van der Waals surface area contributed by atoms with Crippen LogP contribution in [0.2, 0.25) is 0 Å². The molecule has 1 heterocycles. The molecule has 5 heteroatoms. The largest absolute Gasteiger partial charge is 0.383 e. The van der Waals surface area contributed by atoms with Crippen molar-refractivity contribution in [3.05, 3.63) is 22.9 Å². The summed E-state index contributed by atoms with van der Waals surface area (Å²) in [5.41, 5.74) is 6.21. The summed E-state index contributed by atoms with van der Waals surface area (Å²) in [6.07, 6.45) is -2.54. The summed E-state index contributed by atoms with van der Waals surface area (Å²) in [4.78, 5) is 3.53. The van der Waals surface area contributed by atoms with E-state index in [0.29, 0.717) is 11.1 Å². The van der Waals surface area contributed by atoms with Crippen LogP contribution in [0.1, 0.15) is 23.2 Å². The average molecular weight is 197 g/mol. The van der Waals surface area contributed by atoms with Crippen LogP contribution in [-0.2, 0) is 6.42 Å². The molecule has 0 amide bonds. The highest BCUT2D eigenvalue weighted by Gasteiger charge is 2.13. The smallest absolute Gasteiger partial charge is 0.280 e. The van der Waals surface area contributed by atoms with E-state index in [9.17, 15) is 8.78 Å². The fourth-order valence-electron chi connectivity index (χ4n) is 1.17. The van der Waals surface area contributed by atoms with Crippen LogP contribution in [0.4, 0.5) is 14.6 Å². The standard InChI is InChI=1S/C9H9F2N3/c1-5-4-7(8(10)11)14-9(13)6(5)2-3-12/h4,8H,2H2,1H3,(H2,13,14). The van der Waals surface area contributed by atoms with Crippen LogP contribution in [0.5, 0.6) is 0 Å². The molecule has 0 atom stereocenters. The van der Waals surface area contributed by atoms with Gasteiger partial charge in [0.1, 0.15) is 11.5 Å². The predicted octanol–water partition coefficient (Wildman–Crippen LogP) is 1.98. The number of aromatic nitrogens is 1. The summed E-state index contributed by atoms with van der Waals surface area (Å²) in [6, 6.07) is 3.16. The summed E-state index contributed by atoms with van der Waals surface area (Å²) in [5.74, 6) is 0.0156. The highest BCUT2D eigenvalue weighted by molar-refractivity contribution is 5.47. The molecule has 0 fully saturated rings. The third-order valence-corrected chi connectivity index (χ3v) is 1.88. The first kappa shape index (κ1) is 10.4. The molecular weight excluding hydrogens is 188 g/mol. The highest BCUT2D eigenvalue weighted by Crippen LogP contribution is 2.23. The molecule has 1 rings (SSSR count). The van der Waals surface area contributed by atoms with Crippen LogP contribution >= 0.6 is 0 Å². The van der Waals surface area contributed by atoms with Crippen LogP contribution in [0, 0.1) is 18.3 Å². The minimum atomic E-state index is -2.63. The van der Waals surface area contributed by atoms with E-state index >= 15 is 0 Å². The van der Waals surface area contributed by atoms with E-state index in [0.717, 1.165) is 0 Å². The van der Waals surface area contributed by atoms with Gasteiger partial charge in [0, 0.05) is 5.56 Å². The molecule has 0 bridgehead atoms. The number of nitriles is 1. The van der Waals surface area contributed by atoms with E-state index < -0.39 is 6.43 Å². The van der Waals surface area contributed by atoms with Gasteiger partial charge >= 0.3 is 0 Å². The second kappa shape index (κ2) is 4.01. The minimum absolute atomic E-state index is 0.0156. The summed E-state index contributed by atoms with van der Waals surface area (Å²) in [5, 5.41) is 8.47. The summed E-state index contributed by atoms with van der Waals surface area (Å²) in [7, 11) is 0. The molecule has 3 nitrogen and oxygen atoms in total. The van der Waals surface area contributed by atoms with Crippen molar-refractivity contribution in [3.8, 4) is 6.07 Å². The maximum Gasteiger partial charge on any atom is 0.280 e. The van der Waals surface area contributed by atoms with Crippen LogP contribution in [0.15, 0.2) is 6.07 Å². The number of anilines is 1. The van der Waals surface area contributed by atoms with Gasteiger partial charge in [0.05, 0.1) is 12.5 Å². The van der Waals surface area contributed by atoms with Gasteiger partial charge in [0.2, 0.25) is 0 Å². The van der Waals surface area contributed by atoms with Gasteiger partial charge < -0.3 is 5.73 Å². The van der Waals surface area contributed by atoms with E-state index in [2.05, 4.69) is 4.98 Å². The zero-order valence-electron chi connectivity index (χ0n) is 7.59. The minimum Gasteiger partial charge on any atom is -0.383 e. The number of halogens is 2. The Bertz CT molecular complexity index is 359. The molecule has 0 saturated carbocycles. The van der Waals surface area contributed by atoms with Gasteiger partial charge in [-0.1, -0.05) is 0 Å². The molecular formula is C9H9F2N3. The Kier molecular flexibility index (Phi) is 2.97. The number of rotatable bonds is 2. The molecule has 2 N–H and O–H groups in total. The van der Waals surface area contributed by atoms with E-state index in [1.807, 2.05) is 6.07 Å². The predicted molar refractivity (Wildman–Crippen MR) is 47.7 cm³/mol. The molecule has 74 valence electrons. The maximum atomic E-state index is 12.3. The third-order valence-electron chi connectivity index (χ3n) is 1.88. The van der Waals surface area contributed by atoms with Gasteiger partial charge in [0.15, 0.2) is 0 Å². The number of nitrogen functional groups attached to an aromatic ring is 1. The Morgan fingerprint density at radius 2 is 2.29 bits per heavy atom. The van der Waals surface area contributed by atoms with Crippen molar-refractivity contribution in [2.45, 2.75) is 19.8 Å². The lowest BCUT2D eigenvalue weighted by Crippen LogP contribution is -2.03. The molecule has 14 heavy (non-hydrogen) atoms. The quantitative estimate of drug-likeness (QED) is 0.788. The molecule has 1 aromatic heterocycles. The lowest BCUT2D eigenvalue weighted by Gasteiger charge is -2.07. The van der Waals surface area contributed by atoms with Crippen molar-refractivity contribution in [1.29, 1.82) is 5.26 Å². The molecule has 0 aliphatic rings. The van der Waals surface area contributed by atoms with Crippen molar-refractivity contribution in [3.63, 3.8) is 0 Å². The van der Waals surface area contributed by atoms with E-state index in [4.69, 9.17) is 11.0 Å². The summed E-state index contributed by atoms with van der Waals surface area (Å²) >= 11 is 0. The van der Waals surface area contributed by atoms with Gasteiger partial charge in [-0.05, 0) is 18.6 Å². The van der Waals surface area contributed by atoms with E-state index in [1.165, 1.54) is 6.07 Å². The van der Waals surface area contributed by atoms with Crippen molar-refractivity contribution in [2.75, 3.05) is 5.73 Å². The van der Waals surface area contributed by atoms with E-state index in [-0.39, 0.29) is 17.9 Å². The fourth-order valence-corrected chi connectivity index (χ4v) is 1.17. The first-order chi connectivity index (χ1) is 6.56. The number of nitrogens with two attached hydrogens (primary N) is 1. The topological polar surface area (TPSA) is 62.7 Å². The van der Waals surface area contributed by atoms with Crippen molar-refractivity contribution in [2.24, 2.45) is 0 Å². The number of pyridine rings is 1. The lowest BCUT2D eigenvalue weighted by molar-refractivity contribution is 0.146. The first-order valence-corrected chi connectivity index (χ1v) is 3.97. The van der Waals surface area contributed by atoms with Crippen molar-refractivity contribution < 1.29 is 8.78 Å². The number of aryl methyl sites for hydroxylation is 1. The Morgan fingerprint density at radius 1 is 1.64 bits per heavy atom. The molecule has 0 unspecified atom stereocenters. The number of hydrogen-bond acceptors (Lipinski definition) is 3. The normalized spacial score (nSPS) is 10.2. The average Bonchev–Trinajstić information content (AvgIpc) is 2.10. The molecule has 0 radical (unpaired) electrons. The first-order valence-electron chi connectivity index (χ1n) is 3.97. The third kappa shape index (κ3) is 1.96. The lowest BCUT2D eigenvalue weighted by atomic mass is 10.1. The maximum absolute atomic E-state index is 12.3. The van der Waals surface area contributed by atoms with Gasteiger partial charge in [-0.25, -0.2) is 13.8 Å². The Balaban J connectivity index is 3.19. The zero-order chi connectivity index (χ0) is 10.7. The molecule has 0 spiro atoms. The van der Waals surface area contributed by atoms with Crippen LogP contribution in [0.25, 0.3) is 0 Å². The molecule has 0 saturated heterocycles. The van der Waals surface area contributed by atoms with Crippen LogP contribution < -0.4 is 5.73 Å². The van der Waals surface area contributed by atoms with Crippen LogP contribution in [0.3, 0.4) is 0 Å². The van der Waals surface area contributed by atoms with Crippen molar-refractivity contribution in [1.82, 2.24) is 4.98 Å². The number of nitrogens with zero attached hydrogens (tertiary/aromatic N) is 2. The van der Waals surface area contributed by atoms with Gasteiger partial charge in [-0.15, -0.1) is 0 Å². The fraction of sp³-hybridized carbons (Fsp3) is 0.333. The summed E-state index contributed by atoms with van der Waals surface area (Å²) < 4.78 is 24.5. The van der Waals surface area contributed by atoms with Gasteiger partial charge in [0.25, 0.3) is 6.43 Å². The molecule has 0 aromatic carbocycles. The SMILES string of the molecule is Cc1cc(C(F)F)nc(N)c1CC#N. The number of hydrogen-bond donors (Lipinski definition) is 1. The Morgan fingerprint density at radius 3 is 2.71 bits per heavy atom. The summed E-state index contributed by atoms with van der Waals surface area (Å²) in [6.45, 7) is 1.64. The van der Waals surface area contributed by atoms with Crippen molar-refractivity contribution >= 4 is 5.82 Å². The Labute approximate surface area is 80.2 Å². The molecule has 1 aromatic rings. The number of alkyl halides is 2. The van der Waals surface area contributed by atoms with Gasteiger partial charge in [-0.3, -0.25) is 0 Å². The highest BCUT2D eigenvalue weighted by atomic mass is 19.3. The van der Waals surface area contributed by atoms with Gasteiger partial charge in [-0.2, -0.15) is 5.26 Å². The Hall–Kier alpha value is -1.70.